The highest BCUT2D eigenvalue weighted by molar-refractivity contribution is 8.01. The first-order valence-electron chi connectivity index (χ1n) is 7.32. The van der Waals surface area contributed by atoms with Gasteiger partial charge in [-0.3, -0.25) is 19.7 Å². The second kappa shape index (κ2) is 7.62. The number of thioether (sulfide) groups is 1. The normalized spacial score (nSPS) is 14.7. The summed E-state index contributed by atoms with van der Waals surface area (Å²) in [5.41, 5.74) is 0.0303. The minimum atomic E-state index is -4.06. The van der Waals surface area contributed by atoms with Crippen LogP contribution in [0.25, 0.3) is 0 Å². The Labute approximate surface area is 162 Å². The predicted octanol–water partition coefficient (Wildman–Crippen LogP) is 0.586. The monoisotopic (exact) mass is 428 g/mol. The van der Waals surface area contributed by atoms with Gasteiger partial charge in [0.05, 0.1) is 18.4 Å². The van der Waals surface area contributed by atoms with E-state index in [1.807, 2.05) is 0 Å². The molecule has 1 aromatic carbocycles. The number of amides is 2. The SMILES string of the molecule is COC(=O)CSc1nnc(NC(=O)CN2C(=O)c3ccccc3S2(=O)=O)s1. The van der Waals surface area contributed by atoms with Crippen molar-refractivity contribution in [2.45, 2.75) is 9.24 Å². The maximum atomic E-state index is 12.4. The van der Waals surface area contributed by atoms with E-state index in [2.05, 4.69) is 20.3 Å². The van der Waals surface area contributed by atoms with Crippen LogP contribution in [0.3, 0.4) is 0 Å². The van der Waals surface area contributed by atoms with Gasteiger partial charge in [0, 0.05) is 0 Å². The summed E-state index contributed by atoms with van der Waals surface area (Å²) in [6.45, 7) is -0.680. The fourth-order valence-electron chi connectivity index (χ4n) is 2.17. The molecule has 1 N–H and O–H groups in total. The maximum absolute atomic E-state index is 12.4. The number of rotatable bonds is 6. The minimum Gasteiger partial charge on any atom is -0.468 e. The number of carbonyl (C=O) groups excluding carboxylic acids is 3. The summed E-state index contributed by atoms with van der Waals surface area (Å²) in [6.07, 6.45) is 0. The quantitative estimate of drug-likeness (QED) is 0.398. The van der Waals surface area contributed by atoms with Gasteiger partial charge in [0.15, 0.2) is 4.34 Å². The summed E-state index contributed by atoms with van der Waals surface area (Å²) in [6, 6.07) is 5.76. The van der Waals surface area contributed by atoms with Crippen molar-refractivity contribution in [2.24, 2.45) is 0 Å². The van der Waals surface area contributed by atoms with E-state index in [-0.39, 0.29) is 21.3 Å². The highest BCUT2D eigenvalue weighted by Crippen LogP contribution is 2.30. The van der Waals surface area contributed by atoms with Gasteiger partial charge in [-0.1, -0.05) is 35.2 Å². The summed E-state index contributed by atoms with van der Waals surface area (Å²) in [4.78, 5) is 35.4. The van der Waals surface area contributed by atoms with Crippen LogP contribution in [0.1, 0.15) is 10.4 Å². The lowest BCUT2D eigenvalue weighted by Gasteiger charge is -2.13. The molecule has 27 heavy (non-hydrogen) atoms. The number of esters is 1. The van der Waals surface area contributed by atoms with E-state index in [1.54, 1.807) is 6.07 Å². The van der Waals surface area contributed by atoms with E-state index in [4.69, 9.17) is 0 Å². The van der Waals surface area contributed by atoms with Crippen molar-refractivity contribution < 1.29 is 27.5 Å². The Hall–Kier alpha value is -2.51. The van der Waals surface area contributed by atoms with Crippen LogP contribution in [0.4, 0.5) is 5.13 Å². The Balaban J connectivity index is 1.65. The Bertz CT molecular complexity index is 1020. The number of aromatic nitrogens is 2. The Kier molecular flexibility index (Phi) is 5.43. The van der Waals surface area contributed by atoms with Crippen molar-refractivity contribution in [1.29, 1.82) is 0 Å². The average molecular weight is 428 g/mol. The van der Waals surface area contributed by atoms with Crippen LogP contribution in [0.2, 0.25) is 0 Å². The number of methoxy groups -OCH3 is 1. The molecule has 0 aliphatic carbocycles. The molecule has 0 spiro atoms. The zero-order valence-electron chi connectivity index (χ0n) is 13.7. The summed E-state index contributed by atoms with van der Waals surface area (Å²) >= 11 is 2.09. The molecule has 0 saturated carbocycles. The number of benzene rings is 1. The second-order valence-electron chi connectivity index (χ2n) is 5.10. The lowest BCUT2D eigenvalue weighted by Crippen LogP contribution is -2.37. The first-order valence-corrected chi connectivity index (χ1v) is 10.6. The average Bonchev–Trinajstić information content (AvgIpc) is 3.17. The van der Waals surface area contributed by atoms with E-state index in [9.17, 15) is 22.8 Å². The molecule has 0 unspecified atom stereocenters. The fourth-order valence-corrected chi connectivity index (χ4v) is 5.30. The topological polar surface area (TPSA) is 136 Å². The van der Waals surface area contributed by atoms with Gasteiger partial charge in [-0.15, -0.1) is 10.2 Å². The zero-order valence-corrected chi connectivity index (χ0v) is 16.2. The molecule has 2 heterocycles. The smallest absolute Gasteiger partial charge is 0.316 e. The number of fused-ring (bicyclic) bond motifs is 1. The molecule has 0 bridgehead atoms. The van der Waals surface area contributed by atoms with Gasteiger partial charge in [-0.25, -0.2) is 12.7 Å². The standard InChI is InChI=1S/C14H12N4O6S3/c1-24-11(20)7-25-14-17-16-13(26-14)15-10(19)6-18-12(21)8-4-2-3-5-9(8)27(18,22)23/h2-5H,6-7H2,1H3,(H,15,16,19). The van der Waals surface area contributed by atoms with Gasteiger partial charge < -0.3 is 4.74 Å². The van der Waals surface area contributed by atoms with Crippen molar-refractivity contribution in [3.63, 3.8) is 0 Å². The Morgan fingerprint density at radius 3 is 2.74 bits per heavy atom. The van der Waals surface area contributed by atoms with E-state index >= 15 is 0 Å². The van der Waals surface area contributed by atoms with E-state index < -0.39 is 34.4 Å². The van der Waals surface area contributed by atoms with Crippen LogP contribution >= 0.6 is 23.1 Å². The van der Waals surface area contributed by atoms with Crippen LogP contribution < -0.4 is 5.32 Å². The van der Waals surface area contributed by atoms with Crippen molar-refractivity contribution in [3.05, 3.63) is 29.8 Å². The van der Waals surface area contributed by atoms with Gasteiger partial charge >= 0.3 is 5.97 Å². The van der Waals surface area contributed by atoms with Gasteiger partial charge in [0.2, 0.25) is 11.0 Å². The number of nitrogens with zero attached hydrogens (tertiary/aromatic N) is 3. The molecule has 0 atom stereocenters. The van der Waals surface area contributed by atoms with E-state index in [0.29, 0.717) is 8.64 Å². The first kappa shape index (κ1) is 19.3. The molecule has 0 fully saturated rings. The highest BCUT2D eigenvalue weighted by atomic mass is 32.2. The van der Waals surface area contributed by atoms with Crippen molar-refractivity contribution in [1.82, 2.24) is 14.5 Å². The lowest BCUT2D eigenvalue weighted by atomic mass is 10.2. The van der Waals surface area contributed by atoms with Crippen LogP contribution in [-0.4, -0.2) is 60.1 Å². The fraction of sp³-hybridized carbons (Fsp3) is 0.214. The number of sulfonamides is 1. The summed E-state index contributed by atoms with van der Waals surface area (Å²) in [7, 11) is -2.80. The van der Waals surface area contributed by atoms with E-state index in [0.717, 1.165) is 23.1 Å². The van der Waals surface area contributed by atoms with Crippen LogP contribution in [0.5, 0.6) is 0 Å². The molecule has 0 radical (unpaired) electrons. The number of hydrogen-bond acceptors (Lipinski definition) is 10. The maximum Gasteiger partial charge on any atom is 0.316 e. The third kappa shape index (κ3) is 3.94. The van der Waals surface area contributed by atoms with Gasteiger partial charge in [-0.05, 0) is 12.1 Å². The van der Waals surface area contributed by atoms with Crippen molar-refractivity contribution >= 4 is 56.0 Å². The van der Waals surface area contributed by atoms with Crippen LogP contribution in [0.15, 0.2) is 33.5 Å². The third-order valence-electron chi connectivity index (χ3n) is 3.39. The number of nitrogens with one attached hydrogen (secondary N) is 1. The molecule has 2 amide bonds. The minimum absolute atomic E-state index is 0.0303. The molecule has 10 nitrogen and oxygen atoms in total. The van der Waals surface area contributed by atoms with Gasteiger partial charge in [0.1, 0.15) is 11.4 Å². The summed E-state index contributed by atoms with van der Waals surface area (Å²) in [5, 5.41) is 10.0. The first-order chi connectivity index (χ1) is 12.8. The Morgan fingerprint density at radius 1 is 1.30 bits per heavy atom. The Morgan fingerprint density at radius 2 is 2.04 bits per heavy atom. The third-order valence-corrected chi connectivity index (χ3v) is 7.13. The van der Waals surface area contributed by atoms with E-state index in [1.165, 1.54) is 25.3 Å². The second-order valence-corrected chi connectivity index (χ2v) is 9.13. The molecular formula is C14H12N4O6S3. The van der Waals surface area contributed by atoms with Crippen LogP contribution in [0, 0.1) is 0 Å². The molecular weight excluding hydrogens is 416 g/mol. The van der Waals surface area contributed by atoms with Crippen molar-refractivity contribution in [3.8, 4) is 0 Å². The zero-order chi connectivity index (χ0) is 19.6. The van der Waals surface area contributed by atoms with Gasteiger partial charge in [-0.2, -0.15) is 0 Å². The predicted molar refractivity (Wildman–Crippen MR) is 95.9 cm³/mol. The molecule has 142 valence electrons. The largest absolute Gasteiger partial charge is 0.468 e. The molecule has 1 aliphatic rings. The number of hydrogen-bond donors (Lipinski definition) is 1. The summed E-state index contributed by atoms with van der Waals surface area (Å²) < 4.78 is 30.3. The molecule has 3 rings (SSSR count). The lowest BCUT2D eigenvalue weighted by molar-refractivity contribution is -0.137. The molecule has 2 aromatic rings. The van der Waals surface area contributed by atoms with Gasteiger partial charge in [0.25, 0.3) is 15.9 Å². The molecule has 13 heteroatoms. The number of anilines is 1. The summed E-state index contributed by atoms with van der Waals surface area (Å²) in [5.74, 6) is -1.89. The highest BCUT2D eigenvalue weighted by Gasteiger charge is 2.41. The van der Waals surface area contributed by atoms with Crippen LogP contribution in [-0.2, 0) is 24.3 Å². The molecule has 0 saturated heterocycles. The number of carbonyl (C=O) groups is 3. The molecule has 1 aliphatic heterocycles. The molecule has 1 aromatic heterocycles. The van der Waals surface area contributed by atoms with Crippen molar-refractivity contribution in [2.75, 3.05) is 24.7 Å². The number of ether oxygens (including phenoxy) is 1.